The van der Waals surface area contributed by atoms with Crippen LogP contribution >= 0.6 is 0 Å². The zero-order chi connectivity index (χ0) is 18.2. The maximum absolute atomic E-state index is 12.6. The van der Waals surface area contributed by atoms with E-state index in [9.17, 15) is 9.59 Å². The van der Waals surface area contributed by atoms with Gasteiger partial charge >= 0.3 is 5.97 Å². The molecule has 6 nitrogen and oxygen atoms in total. The van der Waals surface area contributed by atoms with Crippen molar-refractivity contribution in [3.63, 3.8) is 0 Å². The summed E-state index contributed by atoms with van der Waals surface area (Å²) in [6.07, 6.45) is 1.42. The predicted molar refractivity (Wildman–Crippen MR) is 92.5 cm³/mol. The Morgan fingerprint density at radius 1 is 1.17 bits per heavy atom. The number of nitrogens with one attached hydrogen (secondary N) is 1. The summed E-state index contributed by atoms with van der Waals surface area (Å²) in [4.78, 5) is 24.6. The molecule has 0 radical (unpaired) electrons. The molecule has 0 aliphatic carbocycles. The number of hydrogen-bond acceptors (Lipinski definition) is 5. The molecule has 1 aromatic rings. The third-order valence-corrected chi connectivity index (χ3v) is 3.62. The Balaban J connectivity index is 3.04. The summed E-state index contributed by atoms with van der Waals surface area (Å²) in [5.41, 5.74) is -0.148. The first kappa shape index (κ1) is 20.0. The number of anilines is 1. The summed E-state index contributed by atoms with van der Waals surface area (Å²) in [6.45, 7) is 8.06. The van der Waals surface area contributed by atoms with Gasteiger partial charge in [0.1, 0.15) is 16.9 Å². The van der Waals surface area contributed by atoms with Gasteiger partial charge in [0.15, 0.2) is 0 Å². The van der Waals surface area contributed by atoms with Crippen LogP contribution in [0, 0.1) is 0 Å². The molecule has 0 spiro atoms. The molecule has 24 heavy (non-hydrogen) atoms. The lowest BCUT2D eigenvalue weighted by Crippen LogP contribution is -2.42. The minimum absolute atomic E-state index is 0.244. The van der Waals surface area contributed by atoms with Crippen molar-refractivity contribution < 1.29 is 23.8 Å². The van der Waals surface area contributed by atoms with Crippen LogP contribution in [-0.4, -0.2) is 37.8 Å². The van der Waals surface area contributed by atoms with Gasteiger partial charge in [-0.3, -0.25) is 4.79 Å². The van der Waals surface area contributed by atoms with E-state index >= 15 is 0 Å². The maximum Gasteiger partial charge on any atom is 0.341 e. The van der Waals surface area contributed by atoms with Crippen LogP contribution in [0.15, 0.2) is 18.2 Å². The second kappa shape index (κ2) is 9.27. The molecule has 0 saturated carbocycles. The van der Waals surface area contributed by atoms with Crippen LogP contribution in [0.25, 0.3) is 0 Å². The van der Waals surface area contributed by atoms with Crippen LogP contribution in [0.2, 0.25) is 0 Å². The molecule has 1 atom stereocenters. The van der Waals surface area contributed by atoms with Crippen LogP contribution in [0.5, 0.6) is 5.75 Å². The van der Waals surface area contributed by atoms with E-state index < -0.39 is 11.6 Å². The van der Waals surface area contributed by atoms with Gasteiger partial charge in [-0.2, -0.15) is 0 Å². The number of rotatable bonds is 9. The molecule has 0 unspecified atom stereocenters. The van der Waals surface area contributed by atoms with Crippen molar-refractivity contribution in [1.29, 1.82) is 0 Å². The molecule has 0 aliphatic heterocycles. The fourth-order valence-corrected chi connectivity index (χ4v) is 2.46. The monoisotopic (exact) mass is 337 g/mol. The number of carbonyl (C=O) groups is 2. The molecule has 0 aliphatic rings. The van der Waals surface area contributed by atoms with Gasteiger partial charge in [0, 0.05) is 12.3 Å². The summed E-state index contributed by atoms with van der Waals surface area (Å²) in [5.74, 6) is -0.342. The second-order valence-corrected chi connectivity index (χ2v) is 5.50. The topological polar surface area (TPSA) is 73.9 Å². The average molecular weight is 337 g/mol. The zero-order valence-corrected chi connectivity index (χ0v) is 15.1. The third kappa shape index (κ3) is 4.96. The van der Waals surface area contributed by atoms with Crippen LogP contribution < -0.4 is 10.1 Å². The lowest BCUT2D eigenvalue weighted by molar-refractivity contribution is -0.139. The highest BCUT2D eigenvalue weighted by atomic mass is 16.5. The first-order chi connectivity index (χ1) is 11.4. The normalized spacial score (nSPS) is 13.0. The van der Waals surface area contributed by atoms with Crippen molar-refractivity contribution in [3.05, 3.63) is 23.8 Å². The fraction of sp³-hybridized carbons (Fsp3) is 0.556. The van der Waals surface area contributed by atoms with Crippen molar-refractivity contribution in [2.75, 3.05) is 25.6 Å². The Hall–Kier alpha value is -2.08. The van der Waals surface area contributed by atoms with Crippen molar-refractivity contribution in [2.24, 2.45) is 0 Å². The first-order valence-corrected chi connectivity index (χ1v) is 8.22. The number of esters is 1. The van der Waals surface area contributed by atoms with Gasteiger partial charge in [-0.25, -0.2) is 4.79 Å². The van der Waals surface area contributed by atoms with E-state index in [2.05, 4.69) is 5.32 Å². The highest BCUT2D eigenvalue weighted by Gasteiger charge is 2.33. The number of methoxy groups -OCH3 is 1. The van der Waals surface area contributed by atoms with Crippen molar-refractivity contribution in [2.45, 2.75) is 46.1 Å². The lowest BCUT2D eigenvalue weighted by atomic mass is 9.99. The average Bonchev–Trinajstić information content (AvgIpc) is 2.55. The van der Waals surface area contributed by atoms with Gasteiger partial charge in [-0.05, 0) is 45.4 Å². The maximum atomic E-state index is 12.6. The number of carbonyl (C=O) groups excluding carboxylic acids is 2. The van der Waals surface area contributed by atoms with Gasteiger partial charge in [-0.1, -0.05) is 13.3 Å². The molecular formula is C18H27NO5. The minimum Gasteiger partial charge on any atom is -0.496 e. The van der Waals surface area contributed by atoms with Crippen molar-refractivity contribution in [3.8, 4) is 5.75 Å². The Bertz CT molecular complexity index is 565. The minimum atomic E-state index is -0.909. The van der Waals surface area contributed by atoms with E-state index in [0.717, 1.165) is 6.42 Å². The molecule has 134 valence electrons. The first-order valence-electron chi connectivity index (χ1n) is 8.22. The quantitative estimate of drug-likeness (QED) is 0.699. The van der Waals surface area contributed by atoms with E-state index in [4.69, 9.17) is 14.2 Å². The van der Waals surface area contributed by atoms with E-state index in [1.54, 1.807) is 32.0 Å². The van der Waals surface area contributed by atoms with Gasteiger partial charge in [-0.15, -0.1) is 0 Å². The molecule has 1 aromatic carbocycles. The zero-order valence-electron chi connectivity index (χ0n) is 15.1. The molecule has 0 bridgehead atoms. The summed E-state index contributed by atoms with van der Waals surface area (Å²) in [7, 11) is 1.48. The molecule has 0 saturated heterocycles. The molecular weight excluding hydrogens is 310 g/mol. The highest BCUT2D eigenvalue weighted by Crippen LogP contribution is 2.26. The summed E-state index contributed by atoms with van der Waals surface area (Å²) >= 11 is 0. The van der Waals surface area contributed by atoms with Crippen molar-refractivity contribution in [1.82, 2.24) is 0 Å². The van der Waals surface area contributed by atoms with E-state index in [1.165, 1.54) is 7.11 Å². The van der Waals surface area contributed by atoms with Crippen molar-refractivity contribution >= 4 is 17.6 Å². The Labute approximate surface area is 143 Å². The molecule has 0 aromatic heterocycles. The summed E-state index contributed by atoms with van der Waals surface area (Å²) in [5, 5.41) is 2.81. The number of ether oxygens (including phenoxy) is 3. The Kier molecular flexibility index (Phi) is 7.71. The summed E-state index contributed by atoms with van der Waals surface area (Å²) < 4.78 is 15.8. The Morgan fingerprint density at radius 2 is 1.88 bits per heavy atom. The molecule has 0 fully saturated rings. The highest BCUT2D eigenvalue weighted by molar-refractivity contribution is 5.99. The van der Waals surface area contributed by atoms with E-state index in [0.29, 0.717) is 24.5 Å². The standard InChI is InChI=1S/C18H27NO5/c1-6-11-18(4,24-8-3)17(21)19-13-9-10-15(22-5)14(12-13)16(20)23-7-2/h9-10,12H,6-8,11H2,1-5H3,(H,19,21)/t18-/m1/s1. The smallest absolute Gasteiger partial charge is 0.341 e. The van der Waals surface area contributed by atoms with Crippen LogP contribution in [-0.2, 0) is 14.3 Å². The second-order valence-electron chi connectivity index (χ2n) is 5.50. The predicted octanol–water partition coefficient (Wildman–Crippen LogP) is 3.41. The Morgan fingerprint density at radius 3 is 2.42 bits per heavy atom. The molecule has 1 amide bonds. The lowest BCUT2D eigenvalue weighted by Gasteiger charge is -2.28. The number of amides is 1. The van der Waals surface area contributed by atoms with E-state index in [-0.39, 0.29) is 18.1 Å². The number of hydrogen-bond donors (Lipinski definition) is 1. The fourth-order valence-electron chi connectivity index (χ4n) is 2.46. The molecule has 1 N–H and O–H groups in total. The van der Waals surface area contributed by atoms with Gasteiger partial charge in [0.2, 0.25) is 0 Å². The largest absolute Gasteiger partial charge is 0.496 e. The summed E-state index contributed by atoms with van der Waals surface area (Å²) in [6, 6.07) is 4.85. The van der Waals surface area contributed by atoms with Gasteiger partial charge in [0.05, 0.1) is 13.7 Å². The van der Waals surface area contributed by atoms with Gasteiger partial charge in [0.25, 0.3) is 5.91 Å². The van der Waals surface area contributed by atoms with Gasteiger partial charge < -0.3 is 19.5 Å². The molecule has 6 heteroatoms. The number of benzene rings is 1. The SMILES string of the molecule is CCC[C@@](C)(OCC)C(=O)Nc1ccc(OC)c(C(=O)OCC)c1. The third-order valence-electron chi connectivity index (χ3n) is 3.62. The van der Waals surface area contributed by atoms with Crippen LogP contribution in [0.3, 0.4) is 0 Å². The molecule has 0 heterocycles. The van der Waals surface area contributed by atoms with Crippen LogP contribution in [0.4, 0.5) is 5.69 Å². The van der Waals surface area contributed by atoms with E-state index in [1.807, 2.05) is 13.8 Å². The molecule has 1 rings (SSSR count). The van der Waals surface area contributed by atoms with Crippen LogP contribution in [0.1, 0.15) is 50.9 Å².